The highest BCUT2D eigenvalue weighted by atomic mass is 16.1. The molecule has 21 heavy (non-hydrogen) atoms. The van der Waals surface area contributed by atoms with Crippen LogP contribution in [0.3, 0.4) is 0 Å². The summed E-state index contributed by atoms with van der Waals surface area (Å²) in [6.07, 6.45) is 4.60. The van der Waals surface area contributed by atoms with Crippen molar-refractivity contribution in [2.24, 2.45) is 5.92 Å². The molecule has 1 aliphatic heterocycles. The standard InChI is InChI=1S/C16H26N4O/c1-12(2)7-8-17-15(21)14-11-13(3)18-16(19-14)20-9-5-4-6-10-20/h11-12H,4-10H2,1-3H3,(H,17,21). The number of aryl methyl sites for hydroxylation is 1. The summed E-state index contributed by atoms with van der Waals surface area (Å²) < 4.78 is 0. The van der Waals surface area contributed by atoms with Crippen LogP contribution >= 0.6 is 0 Å². The third-order valence-electron chi connectivity index (χ3n) is 3.72. The molecular weight excluding hydrogens is 264 g/mol. The Morgan fingerprint density at radius 1 is 1.29 bits per heavy atom. The molecule has 1 fully saturated rings. The number of hydrogen-bond acceptors (Lipinski definition) is 4. The summed E-state index contributed by atoms with van der Waals surface area (Å²) in [4.78, 5) is 23.3. The second-order valence-corrected chi connectivity index (χ2v) is 6.18. The molecule has 1 aromatic rings. The van der Waals surface area contributed by atoms with Crippen molar-refractivity contribution >= 4 is 11.9 Å². The average Bonchev–Trinajstić information content (AvgIpc) is 2.47. The second-order valence-electron chi connectivity index (χ2n) is 6.18. The summed E-state index contributed by atoms with van der Waals surface area (Å²) in [7, 11) is 0. The van der Waals surface area contributed by atoms with Crippen molar-refractivity contribution < 1.29 is 4.79 Å². The number of nitrogens with zero attached hydrogens (tertiary/aromatic N) is 3. The van der Waals surface area contributed by atoms with E-state index in [9.17, 15) is 4.79 Å². The van der Waals surface area contributed by atoms with Gasteiger partial charge in [0.15, 0.2) is 0 Å². The Balaban J connectivity index is 2.05. The predicted molar refractivity (Wildman–Crippen MR) is 84.6 cm³/mol. The van der Waals surface area contributed by atoms with Crippen LogP contribution < -0.4 is 10.2 Å². The molecule has 1 aliphatic rings. The Kier molecular flexibility index (Phi) is 5.53. The summed E-state index contributed by atoms with van der Waals surface area (Å²) in [6, 6.07) is 1.76. The number of hydrogen-bond donors (Lipinski definition) is 1. The van der Waals surface area contributed by atoms with E-state index < -0.39 is 0 Å². The molecular formula is C16H26N4O. The quantitative estimate of drug-likeness (QED) is 0.905. The Hall–Kier alpha value is -1.65. The van der Waals surface area contributed by atoms with Crippen molar-refractivity contribution in [1.29, 1.82) is 0 Å². The molecule has 1 saturated heterocycles. The van der Waals surface area contributed by atoms with Gasteiger partial charge in [0.05, 0.1) is 0 Å². The van der Waals surface area contributed by atoms with Gasteiger partial charge in [0.1, 0.15) is 5.69 Å². The van der Waals surface area contributed by atoms with Crippen molar-refractivity contribution in [3.05, 3.63) is 17.5 Å². The molecule has 0 saturated carbocycles. The van der Waals surface area contributed by atoms with Gasteiger partial charge in [0.25, 0.3) is 5.91 Å². The maximum atomic E-state index is 12.2. The van der Waals surface area contributed by atoms with Crippen LogP contribution in [0.2, 0.25) is 0 Å². The van der Waals surface area contributed by atoms with E-state index in [0.717, 1.165) is 25.2 Å². The van der Waals surface area contributed by atoms with Crippen molar-refractivity contribution in [3.63, 3.8) is 0 Å². The van der Waals surface area contributed by atoms with Crippen LogP contribution in [0.4, 0.5) is 5.95 Å². The third kappa shape index (κ3) is 4.69. The van der Waals surface area contributed by atoms with Crippen LogP contribution in [0.15, 0.2) is 6.07 Å². The summed E-state index contributed by atoms with van der Waals surface area (Å²) in [5, 5.41) is 2.94. The lowest BCUT2D eigenvalue weighted by molar-refractivity contribution is 0.0947. The first-order valence-electron chi connectivity index (χ1n) is 7.95. The topological polar surface area (TPSA) is 58.1 Å². The summed E-state index contributed by atoms with van der Waals surface area (Å²) in [6.45, 7) is 8.87. The fourth-order valence-corrected chi connectivity index (χ4v) is 2.47. The van der Waals surface area contributed by atoms with Gasteiger partial charge < -0.3 is 10.2 Å². The van der Waals surface area contributed by atoms with Crippen molar-refractivity contribution in [2.75, 3.05) is 24.5 Å². The molecule has 2 heterocycles. The van der Waals surface area contributed by atoms with Crippen molar-refractivity contribution in [3.8, 4) is 0 Å². The lowest BCUT2D eigenvalue weighted by Crippen LogP contribution is -2.32. The fraction of sp³-hybridized carbons (Fsp3) is 0.688. The number of piperidine rings is 1. The molecule has 0 radical (unpaired) electrons. The van der Waals surface area contributed by atoms with E-state index in [-0.39, 0.29) is 5.91 Å². The number of carbonyl (C=O) groups is 1. The Morgan fingerprint density at radius 3 is 2.67 bits per heavy atom. The minimum absolute atomic E-state index is 0.0978. The molecule has 0 aliphatic carbocycles. The molecule has 116 valence electrons. The molecule has 0 unspecified atom stereocenters. The minimum Gasteiger partial charge on any atom is -0.351 e. The molecule has 0 aromatic carbocycles. The predicted octanol–water partition coefficient (Wildman–Crippen LogP) is 2.55. The van der Waals surface area contributed by atoms with Crippen LogP contribution in [0.25, 0.3) is 0 Å². The van der Waals surface area contributed by atoms with Crippen LogP contribution in [0.1, 0.15) is 55.7 Å². The molecule has 5 heteroatoms. The molecule has 0 spiro atoms. The van der Waals surface area contributed by atoms with Gasteiger partial charge in [-0.25, -0.2) is 9.97 Å². The van der Waals surface area contributed by atoms with Crippen molar-refractivity contribution in [1.82, 2.24) is 15.3 Å². The number of carbonyl (C=O) groups excluding carboxylic acids is 1. The van der Waals surface area contributed by atoms with Gasteiger partial charge in [-0.05, 0) is 44.6 Å². The Morgan fingerprint density at radius 2 is 2.00 bits per heavy atom. The minimum atomic E-state index is -0.0978. The maximum Gasteiger partial charge on any atom is 0.270 e. The first-order valence-corrected chi connectivity index (χ1v) is 7.95. The van der Waals surface area contributed by atoms with Crippen molar-refractivity contribution in [2.45, 2.75) is 46.5 Å². The summed E-state index contributed by atoms with van der Waals surface area (Å²) in [5.74, 6) is 1.18. The summed E-state index contributed by atoms with van der Waals surface area (Å²) >= 11 is 0. The van der Waals surface area contributed by atoms with Gasteiger partial charge >= 0.3 is 0 Å². The molecule has 5 nitrogen and oxygen atoms in total. The van der Waals surface area contributed by atoms with E-state index in [2.05, 4.69) is 34.0 Å². The number of nitrogens with one attached hydrogen (secondary N) is 1. The van der Waals surface area contributed by atoms with Crippen LogP contribution in [-0.4, -0.2) is 35.5 Å². The Bertz CT molecular complexity index is 481. The molecule has 2 rings (SSSR count). The Labute approximate surface area is 127 Å². The van der Waals surface area contributed by atoms with Crippen LogP contribution in [0.5, 0.6) is 0 Å². The van der Waals surface area contributed by atoms with Crippen LogP contribution in [0, 0.1) is 12.8 Å². The smallest absolute Gasteiger partial charge is 0.270 e. The van der Waals surface area contributed by atoms with E-state index in [1.54, 1.807) is 6.07 Å². The largest absolute Gasteiger partial charge is 0.351 e. The van der Waals surface area contributed by atoms with Crippen LogP contribution in [-0.2, 0) is 0 Å². The van der Waals surface area contributed by atoms with Gasteiger partial charge in [-0.2, -0.15) is 0 Å². The number of amides is 1. The highest BCUT2D eigenvalue weighted by Crippen LogP contribution is 2.16. The summed E-state index contributed by atoms with van der Waals surface area (Å²) in [5.41, 5.74) is 1.33. The number of anilines is 1. The van der Waals surface area contributed by atoms with Gasteiger partial charge in [-0.15, -0.1) is 0 Å². The normalized spacial score (nSPS) is 15.3. The molecule has 0 bridgehead atoms. The van der Waals surface area contributed by atoms with E-state index in [0.29, 0.717) is 24.1 Å². The van der Waals surface area contributed by atoms with Gasteiger partial charge in [0, 0.05) is 25.3 Å². The van der Waals surface area contributed by atoms with E-state index >= 15 is 0 Å². The molecule has 0 atom stereocenters. The maximum absolute atomic E-state index is 12.2. The molecule has 1 N–H and O–H groups in total. The molecule has 1 aromatic heterocycles. The van der Waals surface area contributed by atoms with E-state index in [1.807, 2.05) is 6.92 Å². The first-order chi connectivity index (χ1) is 10.1. The molecule has 1 amide bonds. The second kappa shape index (κ2) is 7.38. The highest BCUT2D eigenvalue weighted by Gasteiger charge is 2.17. The van der Waals surface area contributed by atoms with E-state index in [1.165, 1.54) is 19.3 Å². The first kappa shape index (κ1) is 15.7. The van der Waals surface area contributed by atoms with Gasteiger partial charge in [-0.1, -0.05) is 13.8 Å². The third-order valence-corrected chi connectivity index (χ3v) is 3.72. The average molecular weight is 290 g/mol. The zero-order valence-corrected chi connectivity index (χ0v) is 13.4. The van der Waals surface area contributed by atoms with Gasteiger partial charge in [0.2, 0.25) is 5.95 Å². The van der Waals surface area contributed by atoms with E-state index in [4.69, 9.17) is 0 Å². The SMILES string of the molecule is Cc1cc(C(=O)NCCC(C)C)nc(N2CCCCC2)n1. The zero-order chi connectivity index (χ0) is 15.2. The van der Waals surface area contributed by atoms with Gasteiger partial charge in [-0.3, -0.25) is 4.79 Å². The number of rotatable bonds is 5. The number of aromatic nitrogens is 2. The fourth-order valence-electron chi connectivity index (χ4n) is 2.47. The lowest BCUT2D eigenvalue weighted by Gasteiger charge is -2.27. The zero-order valence-electron chi connectivity index (χ0n) is 13.4. The monoisotopic (exact) mass is 290 g/mol. The lowest BCUT2D eigenvalue weighted by atomic mass is 10.1. The highest BCUT2D eigenvalue weighted by molar-refractivity contribution is 5.92.